The van der Waals surface area contributed by atoms with Crippen LogP contribution in [-0.2, 0) is 0 Å². The van der Waals surface area contributed by atoms with Gasteiger partial charge >= 0.3 is 0 Å². The van der Waals surface area contributed by atoms with Gasteiger partial charge in [-0.25, -0.2) is 0 Å². The quantitative estimate of drug-likeness (QED) is 0.587. The van der Waals surface area contributed by atoms with Gasteiger partial charge in [0, 0.05) is 17.7 Å². The fraction of sp³-hybridized carbons (Fsp3) is 0.571. The molecule has 0 aliphatic rings. The van der Waals surface area contributed by atoms with Crippen LogP contribution in [0.3, 0.4) is 0 Å². The fourth-order valence-electron chi connectivity index (χ4n) is 2.09. The molecule has 0 bridgehead atoms. The molecule has 0 fully saturated rings. The van der Waals surface area contributed by atoms with E-state index in [1.54, 1.807) is 13.0 Å². The monoisotopic (exact) mass is 266 g/mol. The van der Waals surface area contributed by atoms with Gasteiger partial charge in [0.05, 0.1) is 11.0 Å². The Morgan fingerprint density at radius 2 is 2.16 bits per heavy atom. The molecular formula is C14H22N2O3. The Morgan fingerprint density at radius 1 is 1.47 bits per heavy atom. The molecule has 5 nitrogen and oxygen atoms in total. The zero-order chi connectivity index (χ0) is 14.4. The van der Waals surface area contributed by atoms with Gasteiger partial charge in [0.2, 0.25) is 0 Å². The lowest BCUT2D eigenvalue weighted by Gasteiger charge is -2.17. The first-order valence-corrected chi connectivity index (χ1v) is 6.62. The number of aliphatic hydroxyl groups is 1. The maximum absolute atomic E-state index is 10.9. The maximum atomic E-state index is 10.9. The first kappa shape index (κ1) is 15.6. The SMILES string of the molecule is CCC(O)CCNC(C)c1cccc([N+](=O)[O-])c1C. The molecular weight excluding hydrogens is 244 g/mol. The predicted molar refractivity (Wildman–Crippen MR) is 75.2 cm³/mol. The molecule has 0 spiro atoms. The summed E-state index contributed by atoms with van der Waals surface area (Å²) in [4.78, 5) is 10.5. The van der Waals surface area contributed by atoms with Gasteiger partial charge in [-0.15, -0.1) is 0 Å². The van der Waals surface area contributed by atoms with Crippen LogP contribution in [0.15, 0.2) is 18.2 Å². The minimum Gasteiger partial charge on any atom is -0.393 e. The molecule has 0 aromatic heterocycles. The van der Waals surface area contributed by atoms with Crippen LogP contribution in [-0.4, -0.2) is 22.7 Å². The summed E-state index contributed by atoms with van der Waals surface area (Å²) in [7, 11) is 0. The Morgan fingerprint density at radius 3 is 2.74 bits per heavy atom. The highest BCUT2D eigenvalue weighted by molar-refractivity contribution is 5.45. The van der Waals surface area contributed by atoms with Crippen molar-refractivity contribution in [2.75, 3.05) is 6.54 Å². The van der Waals surface area contributed by atoms with Gasteiger partial charge in [-0.2, -0.15) is 0 Å². The summed E-state index contributed by atoms with van der Waals surface area (Å²) in [6.45, 7) is 6.38. The molecule has 1 aromatic carbocycles. The number of benzene rings is 1. The summed E-state index contributed by atoms with van der Waals surface area (Å²) < 4.78 is 0. The number of nitro benzene ring substituents is 1. The van der Waals surface area contributed by atoms with Crippen LogP contribution in [0.2, 0.25) is 0 Å². The Hall–Kier alpha value is -1.46. The minimum atomic E-state index is -0.355. The van der Waals surface area contributed by atoms with E-state index in [0.29, 0.717) is 18.5 Å². The fourth-order valence-corrected chi connectivity index (χ4v) is 2.09. The van der Waals surface area contributed by atoms with E-state index in [1.807, 2.05) is 19.9 Å². The van der Waals surface area contributed by atoms with Gasteiger partial charge < -0.3 is 10.4 Å². The first-order chi connectivity index (χ1) is 8.97. The average Bonchev–Trinajstić information content (AvgIpc) is 2.38. The molecule has 0 saturated carbocycles. The molecule has 5 heteroatoms. The summed E-state index contributed by atoms with van der Waals surface area (Å²) >= 11 is 0. The lowest BCUT2D eigenvalue weighted by Crippen LogP contribution is -2.24. The van der Waals surface area contributed by atoms with E-state index < -0.39 is 0 Å². The van der Waals surface area contributed by atoms with Crippen LogP contribution in [0, 0.1) is 17.0 Å². The van der Waals surface area contributed by atoms with E-state index in [0.717, 1.165) is 12.0 Å². The molecule has 0 saturated heterocycles. The van der Waals surface area contributed by atoms with Crippen molar-refractivity contribution in [1.82, 2.24) is 5.32 Å². The number of nitrogens with zero attached hydrogens (tertiary/aromatic N) is 1. The highest BCUT2D eigenvalue weighted by Gasteiger charge is 2.16. The van der Waals surface area contributed by atoms with Gasteiger partial charge in [0.25, 0.3) is 5.69 Å². The van der Waals surface area contributed by atoms with Gasteiger partial charge in [-0.3, -0.25) is 10.1 Å². The summed E-state index contributed by atoms with van der Waals surface area (Å²) in [5, 5.41) is 23.7. The topological polar surface area (TPSA) is 75.4 Å². The number of nitro groups is 1. The maximum Gasteiger partial charge on any atom is 0.272 e. The van der Waals surface area contributed by atoms with Crippen molar-refractivity contribution in [3.63, 3.8) is 0 Å². The average molecular weight is 266 g/mol. The smallest absolute Gasteiger partial charge is 0.272 e. The number of rotatable bonds is 7. The number of hydrogen-bond acceptors (Lipinski definition) is 4. The summed E-state index contributed by atoms with van der Waals surface area (Å²) in [5.74, 6) is 0. The summed E-state index contributed by atoms with van der Waals surface area (Å²) in [6, 6.07) is 5.16. The van der Waals surface area contributed by atoms with E-state index in [9.17, 15) is 15.2 Å². The minimum absolute atomic E-state index is 0.0314. The normalized spacial score (nSPS) is 14.1. The van der Waals surface area contributed by atoms with E-state index in [4.69, 9.17) is 0 Å². The van der Waals surface area contributed by atoms with Crippen molar-refractivity contribution in [3.8, 4) is 0 Å². The zero-order valence-electron chi connectivity index (χ0n) is 11.7. The van der Waals surface area contributed by atoms with Crippen molar-refractivity contribution in [2.24, 2.45) is 0 Å². The Balaban J connectivity index is 2.69. The van der Waals surface area contributed by atoms with Crippen molar-refractivity contribution in [2.45, 2.75) is 45.8 Å². The lowest BCUT2D eigenvalue weighted by atomic mass is 10.0. The molecule has 1 aromatic rings. The molecule has 1 rings (SSSR count). The number of hydrogen-bond donors (Lipinski definition) is 2. The third-order valence-electron chi connectivity index (χ3n) is 3.41. The van der Waals surface area contributed by atoms with E-state index >= 15 is 0 Å². The summed E-state index contributed by atoms with van der Waals surface area (Å²) in [5.41, 5.74) is 1.78. The Labute approximate surface area is 113 Å². The third-order valence-corrected chi connectivity index (χ3v) is 3.41. The predicted octanol–water partition coefficient (Wildman–Crippen LogP) is 2.71. The molecule has 2 unspecified atom stereocenters. The van der Waals surface area contributed by atoms with Crippen molar-refractivity contribution < 1.29 is 10.0 Å². The van der Waals surface area contributed by atoms with Crippen LogP contribution in [0.25, 0.3) is 0 Å². The molecule has 0 amide bonds. The second-order valence-corrected chi connectivity index (χ2v) is 4.78. The second kappa shape index (κ2) is 7.21. The van der Waals surface area contributed by atoms with E-state index in [1.165, 1.54) is 6.07 Å². The Kier molecular flexibility index (Phi) is 5.92. The van der Waals surface area contributed by atoms with Crippen LogP contribution in [0.1, 0.15) is 43.9 Å². The van der Waals surface area contributed by atoms with Crippen LogP contribution >= 0.6 is 0 Å². The van der Waals surface area contributed by atoms with E-state index in [2.05, 4.69) is 5.32 Å². The van der Waals surface area contributed by atoms with Gasteiger partial charge in [-0.05, 0) is 38.8 Å². The standard InChI is InChI=1S/C14H22N2O3/c1-4-12(17)8-9-15-11(3)13-6-5-7-14(10(13)2)16(18)19/h5-7,11-12,15,17H,4,8-9H2,1-3H3. The second-order valence-electron chi connectivity index (χ2n) is 4.78. The lowest BCUT2D eigenvalue weighted by molar-refractivity contribution is -0.385. The highest BCUT2D eigenvalue weighted by atomic mass is 16.6. The largest absolute Gasteiger partial charge is 0.393 e. The third kappa shape index (κ3) is 4.29. The van der Waals surface area contributed by atoms with Crippen LogP contribution in [0.4, 0.5) is 5.69 Å². The molecule has 106 valence electrons. The number of aliphatic hydroxyl groups excluding tert-OH is 1. The highest BCUT2D eigenvalue weighted by Crippen LogP contribution is 2.25. The zero-order valence-corrected chi connectivity index (χ0v) is 11.7. The van der Waals surface area contributed by atoms with Crippen LogP contribution in [0.5, 0.6) is 0 Å². The molecule has 2 atom stereocenters. The van der Waals surface area contributed by atoms with E-state index in [-0.39, 0.29) is 22.8 Å². The Bertz CT molecular complexity index is 435. The molecule has 19 heavy (non-hydrogen) atoms. The first-order valence-electron chi connectivity index (χ1n) is 6.62. The molecule has 0 heterocycles. The molecule has 0 radical (unpaired) electrons. The van der Waals surface area contributed by atoms with Crippen molar-refractivity contribution >= 4 is 5.69 Å². The van der Waals surface area contributed by atoms with Gasteiger partial charge in [0.1, 0.15) is 0 Å². The van der Waals surface area contributed by atoms with Gasteiger partial charge in [0.15, 0.2) is 0 Å². The van der Waals surface area contributed by atoms with Gasteiger partial charge in [-0.1, -0.05) is 19.1 Å². The van der Waals surface area contributed by atoms with Crippen molar-refractivity contribution in [3.05, 3.63) is 39.4 Å². The van der Waals surface area contributed by atoms with Crippen molar-refractivity contribution in [1.29, 1.82) is 0 Å². The molecule has 0 aliphatic heterocycles. The van der Waals surface area contributed by atoms with Crippen LogP contribution < -0.4 is 5.32 Å². The molecule has 0 aliphatic carbocycles. The summed E-state index contributed by atoms with van der Waals surface area (Å²) in [6.07, 6.45) is 1.15. The number of nitrogens with one attached hydrogen (secondary N) is 1. The molecule has 2 N–H and O–H groups in total.